The van der Waals surface area contributed by atoms with Gasteiger partial charge < -0.3 is 19.7 Å². The molecule has 0 spiro atoms. The van der Waals surface area contributed by atoms with Crippen molar-refractivity contribution < 1.29 is 14.3 Å². The Balaban J connectivity index is 1.21. The van der Waals surface area contributed by atoms with Gasteiger partial charge in [0.25, 0.3) is 0 Å². The zero-order valence-electron chi connectivity index (χ0n) is 22.8. The van der Waals surface area contributed by atoms with E-state index < -0.39 is 0 Å². The Kier molecular flexibility index (Phi) is 6.69. The van der Waals surface area contributed by atoms with Gasteiger partial charge in [0.1, 0.15) is 23.2 Å². The van der Waals surface area contributed by atoms with Crippen LogP contribution < -0.4 is 10.2 Å². The largest absolute Gasteiger partial charge is 0.441 e. The molecule has 0 aliphatic carbocycles. The summed E-state index contributed by atoms with van der Waals surface area (Å²) in [6, 6.07) is 17.7. The van der Waals surface area contributed by atoms with Crippen molar-refractivity contribution in [1.82, 2.24) is 39.5 Å². The van der Waals surface area contributed by atoms with Crippen molar-refractivity contribution in [1.29, 1.82) is 0 Å². The van der Waals surface area contributed by atoms with Crippen LogP contribution in [0.1, 0.15) is 18.5 Å². The summed E-state index contributed by atoms with van der Waals surface area (Å²) in [6.45, 7) is 5.62. The van der Waals surface area contributed by atoms with E-state index in [1.165, 1.54) is 0 Å². The third-order valence-corrected chi connectivity index (χ3v) is 7.54. The Morgan fingerprint density at radius 3 is 2.66 bits per heavy atom. The number of carbonyl (C=O) groups is 1. The molecule has 2 fully saturated rings. The highest BCUT2D eigenvalue weighted by molar-refractivity contribution is 5.76. The molecular formula is C29H31N9O3. The summed E-state index contributed by atoms with van der Waals surface area (Å²) < 4.78 is 16.5. The van der Waals surface area contributed by atoms with Crippen molar-refractivity contribution in [3.8, 4) is 28.5 Å². The highest BCUT2D eigenvalue weighted by Crippen LogP contribution is 2.26. The van der Waals surface area contributed by atoms with Crippen molar-refractivity contribution >= 4 is 17.4 Å². The van der Waals surface area contributed by atoms with Crippen LogP contribution in [0.2, 0.25) is 0 Å². The van der Waals surface area contributed by atoms with Crippen LogP contribution >= 0.6 is 0 Å². The normalized spacial score (nSPS) is 17.4. The van der Waals surface area contributed by atoms with Crippen LogP contribution in [0, 0.1) is 6.92 Å². The van der Waals surface area contributed by atoms with E-state index in [0.29, 0.717) is 36.1 Å². The molecule has 2 saturated heterocycles. The lowest BCUT2D eigenvalue weighted by molar-refractivity contribution is -0.150. The van der Waals surface area contributed by atoms with E-state index in [4.69, 9.17) is 29.8 Å². The van der Waals surface area contributed by atoms with Crippen molar-refractivity contribution in [3.63, 3.8) is 0 Å². The minimum absolute atomic E-state index is 0.0562. The number of nitrogens with one attached hydrogen (secondary N) is 1. The lowest BCUT2D eigenvalue weighted by atomic mass is 10.2. The Bertz CT molecular complexity index is 1680. The van der Waals surface area contributed by atoms with Crippen LogP contribution in [-0.2, 0) is 21.0 Å². The minimum Gasteiger partial charge on any atom is -0.441 e. The summed E-state index contributed by atoms with van der Waals surface area (Å²) in [7, 11) is 0. The highest BCUT2D eigenvalue weighted by Gasteiger charge is 2.24. The van der Waals surface area contributed by atoms with Crippen LogP contribution in [0.4, 0.5) is 5.82 Å². The molecule has 0 amide bonds. The van der Waals surface area contributed by atoms with Gasteiger partial charge in [-0.1, -0.05) is 30.3 Å². The first-order valence-electron chi connectivity index (χ1n) is 13.9. The summed E-state index contributed by atoms with van der Waals surface area (Å²) >= 11 is 0. The van der Waals surface area contributed by atoms with E-state index in [9.17, 15) is 4.79 Å². The number of aromatic nitrogens is 7. The maximum atomic E-state index is 12.4. The second-order valence-electron chi connectivity index (χ2n) is 10.3. The number of hydrogen-bond acceptors (Lipinski definition) is 9. The number of morpholine rings is 1. The summed E-state index contributed by atoms with van der Waals surface area (Å²) in [5, 5.41) is 17.6. The fourth-order valence-electron chi connectivity index (χ4n) is 5.30. The van der Waals surface area contributed by atoms with E-state index in [1.807, 2.05) is 72.2 Å². The summed E-state index contributed by atoms with van der Waals surface area (Å²) in [5.41, 5.74) is 4.84. The molecular weight excluding hydrogens is 522 g/mol. The molecule has 4 aromatic heterocycles. The molecule has 1 N–H and O–H groups in total. The van der Waals surface area contributed by atoms with Gasteiger partial charge in [0.15, 0.2) is 18.2 Å². The van der Waals surface area contributed by atoms with Gasteiger partial charge in [0, 0.05) is 42.7 Å². The van der Waals surface area contributed by atoms with Crippen LogP contribution in [0.5, 0.6) is 0 Å². The van der Waals surface area contributed by atoms with Crippen molar-refractivity contribution in [3.05, 3.63) is 66.5 Å². The molecule has 5 aromatic rings. The first-order chi connectivity index (χ1) is 20.1. The Hall–Kier alpha value is -4.55. The summed E-state index contributed by atoms with van der Waals surface area (Å²) in [5.74, 6) is 1.36. The van der Waals surface area contributed by atoms with Gasteiger partial charge in [0.05, 0.1) is 18.9 Å². The number of hydrogen-bond donors (Lipinski definition) is 1. The molecule has 0 bridgehead atoms. The predicted molar refractivity (Wildman–Crippen MR) is 152 cm³/mol. The minimum atomic E-state index is -0.243. The maximum absolute atomic E-state index is 12.4. The molecule has 12 heteroatoms. The van der Waals surface area contributed by atoms with Gasteiger partial charge in [-0.2, -0.15) is 19.8 Å². The first-order valence-corrected chi connectivity index (χ1v) is 13.9. The van der Waals surface area contributed by atoms with E-state index in [-0.39, 0.29) is 18.7 Å². The molecule has 0 unspecified atom stereocenters. The maximum Gasteiger partial charge on any atom is 0.324 e. The third-order valence-electron chi connectivity index (χ3n) is 7.54. The van der Waals surface area contributed by atoms with Crippen LogP contribution in [0.15, 0.2) is 60.8 Å². The van der Waals surface area contributed by atoms with E-state index >= 15 is 0 Å². The molecule has 1 atom stereocenters. The quantitative estimate of drug-likeness (QED) is 0.304. The second kappa shape index (κ2) is 10.8. The van der Waals surface area contributed by atoms with Crippen molar-refractivity contribution in [2.45, 2.75) is 32.5 Å². The first kappa shape index (κ1) is 25.4. The highest BCUT2D eigenvalue weighted by atomic mass is 16.5. The molecule has 0 radical (unpaired) electrons. The third kappa shape index (κ3) is 5.07. The van der Waals surface area contributed by atoms with Gasteiger partial charge in [-0.05, 0) is 38.4 Å². The van der Waals surface area contributed by atoms with Gasteiger partial charge >= 0.3 is 5.97 Å². The van der Waals surface area contributed by atoms with Crippen LogP contribution in [0.25, 0.3) is 34.1 Å². The molecule has 2 aliphatic heterocycles. The van der Waals surface area contributed by atoms with Gasteiger partial charge in [-0.3, -0.25) is 4.79 Å². The zero-order valence-corrected chi connectivity index (χ0v) is 22.8. The number of esters is 1. The van der Waals surface area contributed by atoms with Crippen LogP contribution in [0.3, 0.4) is 0 Å². The van der Waals surface area contributed by atoms with Gasteiger partial charge in [0.2, 0.25) is 0 Å². The Morgan fingerprint density at radius 1 is 1.02 bits per heavy atom. The summed E-state index contributed by atoms with van der Waals surface area (Å²) in [4.78, 5) is 19.5. The number of rotatable bonds is 7. The molecule has 6 heterocycles. The molecule has 1 aromatic carbocycles. The number of nitrogens with zero attached hydrogens (tertiary/aromatic N) is 8. The standard InChI is InChI=1S/C29H31N9O3/c1-20-16-24(33-37(20)19-41-29(39)23-8-5-10-30-23)25-17-27-31-26(18-28(38(27)34-25)35-12-14-40-15-13-35)36-11-9-22(32-36)21-6-3-2-4-7-21/h2-4,6-7,9,11,16-18,23,30H,5,8,10,12-15,19H2,1H3/t23-/m0/s1. The number of anilines is 1. The van der Waals surface area contributed by atoms with Gasteiger partial charge in [-0.15, -0.1) is 0 Å². The average molecular weight is 554 g/mol. The smallest absolute Gasteiger partial charge is 0.324 e. The van der Waals surface area contributed by atoms with E-state index in [1.54, 1.807) is 9.36 Å². The Labute approximate surface area is 236 Å². The van der Waals surface area contributed by atoms with Crippen LogP contribution in [-0.4, -0.2) is 79.0 Å². The van der Waals surface area contributed by atoms with E-state index in [0.717, 1.165) is 55.2 Å². The fraction of sp³-hybridized carbons (Fsp3) is 0.345. The number of aryl methyl sites for hydroxylation is 1. The van der Waals surface area contributed by atoms with E-state index in [2.05, 4.69) is 10.2 Å². The Morgan fingerprint density at radius 2 is 1.85 bits per heavy atom. The van der Waals surface area contributed by atoms with Crippen molar-refractivity contribution in [2.24, 2.45) is 0 Å². The summed E-state index contributed by atoms with van der Waals surface area (Å²) in [6.07, 6.45) is 3.71. The average Bonchev–Trinajstić information content (AvgIpc) is 3.83. The van der Waals surface area contributed by atoms with Crippen molar-refractivity contribution in [2.75, 3.05) is 37.7 Å². The topological polar surface area (TPSA) is 117 Å². The van der Waals surface area contributed by atoms with Gasteiger partial charge in [-0.25, -0.2) is 14.3 Å². The molecule has 210 valence electrons. The number of carbonyl (C=O) groups excluding carboxylic acids is 1. The zero-order chi connectivity index (χ0) is 27.8. The molecule has 0 saturated carbocycles. The molecule has 41 heavy (non-hydrogen) atoms. The lowest BCUT2D eigenvalue weighted by Gasteiger charge is -2.29. The molecule has 12 nitrogen and oxygen atoms in total. The number of ether oxygens (including phenoxy) is 2. The lowest BCUT2D eigenvalue weighted by Crippen LogP contribution is -2.37. The fourth-order valence-corrected chi connectivity index (χ4v) is 5.30. The number of benzene rings is 1. The molecule has 2 aliphatic rings. The predicted octanol–water partition coefficient (Wildman–Crippen LogP) is 2.84. The molecule has 7 rings (SSSR count). The monoisotopic (exact) mass is 553 g/mol. The second-order valence-corrected chi connectivity index (χ2v) is 10.3. The SMILES string of the molecule is Cc1cc(-c2cc3nc(-n4ccc(-c5ccccc5)n4)cc(N4CCOCC4)n3n2)nn1COC(=O)[C@@H]1CCCN1. The number of fused-ring (bicyclic) bond motifs is 1.